The standard InChI is InChI=1S/C23H27N3O4/c1-16(23-25-18-6-3-4-7-19(18)26(23)10-13-28-2)24-22(27)15-17-8-9-20-21(14-17)30-12-5-11-29-20/h3-4,6-9,14,16H,5,10-13,15H2,1-2H3,(H,24,27)/t16-/m1/s1. The first-order valence-electron chi connectivity index (χ1n) is 10.3. The monoisotopic (exact) mass is 409 g/mol. The number of nitrogens with one attached hydrogen (secondary N) is 1. The Hall–Kier alpha value is -3.06. The Bertz CT molecular complexity index is 1030. The number of benzene rings is 2. The molecule has 30 heavy (non-hydrogen) atoms. The van der Waals surface area contributed by atoms with Crippen LogP contribution in [0.5, 0.6) is 11.5 Å². The van der Waals surface area contributed by atoms with Gasteiger partial charge in [0.15, 0.2) is 11.5 Å². The van der Waals surface area contributed by atoms with Crippen LogP contribution in [0.15, 0.2) is 42.5 Å². The Morgan fingerprint density at radius 1 is 1.20 bits per heavy atom. The zero-order valence-corrected chi connectivity index (χ0v) is 17.4. The van der Waals surface area contributed by atoms with Crippen LogP contribution in [-0.2, 0) is 22.5 Å². The number of fused-ring (bicyclic) bond motifs is 2. The summed E-state index contributed by atoms with van der Waals surface area (Å²) in [6, 6.07) is 13.4. The van der Waals surface area contributed by atoms with Crippen LogP contribution in [-0.4, -0.2) is 42.4 Å². The number of methoxy groups -OCH3 is 1. The first-order chi connectivity index (χ1) is 14.7. The number of imidazole rings is 1. The van der Waals surface area contributed by atoms with Crippen molar-refractivity contribution in [3.05, 3.63) is 53.9 Å². The number of hydrogen-bond acceptors (Lipinski definition) is 5. The predicted octanol–water partition coefficient (Wildman–Crippen LogP) is 3.26. The number of para-hydroxylation sites is 2. The molecule has 0 bridgehead atoms. The highest BCUT2D eigenvalue weighted by molar-refractivity contribution is 5.80. The number of carbonyl (C=O) groups excluding carboxylic acids is 1. The third-order valence-corrected chi connectivity index (χ3v) is 5.14. The van der Waals surface area contributed by atoms with E-state index in [1.165, 1.54) is 0 Å². The first kappa shape index (κ1) is 20.2. The SMILES string of the molecule is COCCn1c([C@@H](C)NC(=O)Cc2ccc3c(c2)OCCCO3)nc2ccccc21. The van der Waals surface area contributed by atoms with E-state index in [4.69, 9.17) is 19.2 Å². The highest BCUT2D eigenvalue weighted by Gasteiger charge is 2.19. The predicted molar refractivity (Wildman–Crippen MR) is 114 cm³/mol. The second kappa shape index (κ2) is 9.17. The second-order valence-corrected chi connectivity index (χ2v) is 7.40. The molecule has 0 unspecified atom stereocenters. The number of carbonyl (C=O) groups is 1. The molecule has 2 aromatic carbocycles. The molecular weight excluding hydrogens is 382 g/mol. The summed E-state index contributed by atoms with van der Waals surface area (Å²) in [6.45, 7) is 4.47. The molecule has 0 saturated carbocycles. The summed E-state index contributed by atoms with van der Waals surface area (Å²) in [7, 11) is 1.68. The number of amides is 1. The van der Waals surface area contributed by atoms with Gasteiger partial charge in [-0.25, -0.2) is 4.98 Å². The van der Waals surface area contributed by atoms with Gasteiger partial charge in [-0.1, -0.05) is 18.2 Å². The molecule has 1 atom stereocenters. The van der Waals surface area contributed by atoms with Gasteiger partial charge in [0, 0.05) is 20.1 Å². The van der Waals surface area contributed by atoms with Crippen molar-refractivity contribution in [3.8, 4) is 11.5 Å². The van der Waals surface area contributed by atoms with Crippen molar-refractivity contribution in [2.45, 2.75) is 32.4 Å². The molecule has 0 saturated heterocycles. The second-order valence-electron chi connectivity index (χ2n) is 7.40. The molecule has 1 aromatic heterocycles. The number of nitrogens with zero attached hydrogens (tertiary/aromatic N) is 2. The summed E-state index contributed by atoms with van der Waals surface area (Å²) in [5.41, 5.74) is 2.83. The van der Waals surface area contributed by atoms with E-state index in [1.807, 2.05) is 49.4 Å². The Balaban J connectivity index is 1.48. The molecule has 1 aliphatic rings. The van der Waals surface area contributed by atoms with Gasteiger partial charge >= 0.3 is 0 Å². The van der Waals surface area contributed by atoms with Crippen molar-refractivity contribution in [1.82, 2.24) is 14.9 Å². The zero-order valence-electron chi connectivity index (χ0n) is 17.4. The molecular formula is C23H27N3O4. The first-order valence-corrected chi connectivity index (χ1v) is 10.3. The van der Waals surface area contributed by atoms with E-state index >= 15 is 0 Å². The fraction of sp³-hybridized carbons (Fsp3) is 0.391. The fourth-order valence-electron chi connectivity index (χ4n) is 3.70. The molecule has 158 valence electrons. The quantitative estimate of drug-likeness (QED) is 0.648. The largest absolute Gasteiger partial charge is 0.490 e. The van der Waals surface area contributed by atoms with E-state index in [2.05, 4.69) is 9.88 Å². The fourth-order valence-corrected chi connectivity index (χ4v) is 3.70. The van der Waals surface area contributed by atoms with Crippen LogP contribution < -0.4 is 14.8 Å². The topological polar surface area (TPSA) is 74.6 Å². The molecule has 3 aromatic rings. The van der Waals surface area contributed by atoms with Crippen molar-refractivity contribution in [1.29, 1.82) is 0 Å². The molecule has 7 heteroatoms. The van der Waals surface area contributed by atoms with Crippen LogP contribution in [0, 0.1) is 0 Å². The summed E-state index contributed by atoms with van der Waals surface area (Å²) in [6.07, 6.45) is 1.12. The van der Waals surface area contributed by atoms with Gasteiger partial charge in [0.1, 0.15) is 5.82 Å². The average molecular weight is 409 g/mol. The van der Waals surface area contributed by atoms with Crippen LogP contribution >= 0.6 is 0 Å². The average Bonchev–Trinajstić information content (AvgIpc) is 2.95. The van der Waals surface area contributed by atoms with E-state index in [9.17, 15) is 4.79 Å². The van der Waals surface area contributed by atoms with Crippen molar-refractivity contribution in [2.24, 2.45) is 0 Å². The summed E-state index contributed by atoms with van der Waals surface area (Å²) >= 11 is 0. The van der Waals surface area contributed by atoms with E-state index < -0.39 is 0 Å². The Kier molecular flexibility index (Phi) is 6.18. The van der Waals surface area contributed by atoms with Gasteiger partial charge in [0.05, 0.1) is 43.3 Å². The Morgan fingerprint density at radius 2 is 2.00 bits per heavy atom. The lowest BCUT2D eigenvalue weighted by Gasteiger charge is -2.16. The summed E-state index contributed by atoms with van der Waals surface area (Å²) in [4.78, 5) is 17.5. The van der Waals surface area contributed by atoms with Crippen LogP contribution in [0.3, 0.4) is 0 Å². The van der Waals surface area contributed by atoms with Gasteiger partial charge in [-0.3, -0.25) is 4.79 Å². The maximum absolute atomic E-state index is 12.7. The minimum atomic E-state index is -0.234. The Morgan fingerprint density at radius 3 is 2.83 bits per heavy atom. The minimum absolute atomic E-state index is 0.0673. The molecule has 1 N–H and O–H groups in total. The van der Waals surface area contributed by atoms with E-state index in [0.717, 1.165) is 34.6 Å². The number of rotatable bonds is 7. The molecule has 7 nitrogen and oxygen atoms in total. The van der Waals surface area contributed by atoms with Crippen molar-refractivity contribution >= 4 is 16.9 Å². The van der Waals surface area contributed by atoms with Gasteiger partial charge < -0.3 is 24.1 Å². The lowest BCUT2D eigenvalue weighted by molar-refractivity contribution is -0.121. The van der Waals surface area contributed by atoms with E-state index in [0.29, 0.717) is 32.1 Å². The van der Waals surface area contributed by atoms with Crippen LogP contribution in [0.4, 0.5) is 0 Å². The summed E-state index contributed by atoms with van der Waals surface area (Å²) in [5, 5.41) is 3.08. The van der Waals surface area contributed by atoms with Crippen molar-refractivity contribution in [3.63, 3.8) is 0 Å². The van der Waals surface area contributed by atoms with Gasteiger partial charge in [0.25, 0.3) is 0 Å². The van der Waals surface area contributed by atoms with Gasteiger partial charge in [-0.05, 0) is 36.8 Å². The maximum Gasteiger partial charge on any atom is 0.224 e. The molecule has 1 amide bonds. The number of aromatic nitrogens is 2. The molecule has 0 spiro atoms. The van der Waals surface area contributed by atoms with E-state index in [1.54, 1.807) is 7.11 Å². The maximum atomic E-state index is 12.7. The minimum Gasteiger partial charge on any atom is -0.490 e. The molecule has 0 radical (unpaired) electrons. The van der Waals surface area contributed by atoms with Crippen molar-refractivity contribution < 1.29 is 19.0 Å². The lowest BCUT2D eigenvalue weighted by Crippen LogP contribution is -2.30. The summed E-state index contributed by atoms with van der Waals surface area (Å²) in [5.74, 6) is 2.19. The van der Waals surface area contributed by atoms with Gasteiger partial charge in [-0.15, -0.1) is 0 Å². The van der Waals surface area contributed by atoms with Crippen LogP contribution in [0.1, 0.15) is 30.8 Å². The molecule has 0 aliphatic carbocycles. The summed E-state index contributed by atoms with van der Waals surface area (Å²) < 4.78 is 18.7. The lowest BCUT2D eigenvalue weighted by atomic mass is 10.1. The highest BCUT2D eigenvalue weighted by Crippen LogP contribution is 2.30. The normalized spacial score (nSPS) is 14.3. The van der Waals surface area contributed by atoms with Gasteiger partial charge in [-0.2, -0.15) is 0 Å². The van der Waals surface area contributed by atoms with Crippen molar-refractivity contribution in [2.75, 3.05) is 26.9 Å². The smallest absolute Gasteiger partial charge is 0.224 e. The number of ether oxygens (including phenoxy) is 3. The van der Waals surface area contributed by atoms with Crippen LogP contribution in [0.2, 0.25) is 0 Å². The molecule has 0 fully saturated rings. The molecule has 4 rings (SSSR count). The van der Waals surface area contributed by atoms with E-state index in [-0.39, 0.29) is 18.4 Å². The Labute approximate surface area is 176 Å². The third kappa shape index (κ3) is 4.41. The van der Waals surface area contributed by atoms with Crippen LogP contribution in [0.25, 0.3) is 11.0 Å². The highest BCUT2D eigenvalue weighted by atomic mass is 16.5. The number of hydrogen-bond donors (Lipinski definition) is 1. The molecule has 1 aliphatic heterocycles. The van der Waals surface area contributed by atoms with Gasteiger partial charge in [0.2, 0.25) is 5.91 Å². The molecule has 2 heterocycles. The third-order valence-electron chi connectivity index (χ3n) is 5.14. The zero-order chi connectivity index (χ0) is 20.9.